The average Bonchev–Trinajstić information content (AvgIpc) is 2.07. The Kier molecular flexibility index (Phi) is 4.50. The number of rotatable bonds is 4. The van der Waals surface area contributed by atoms with Gasteiger partial charge in [0, 0.05) is 26.3 Å². The van der Waals surface area contributed by atoms with Gasteiger partial charge in [-0.3, -0.25) is 0 Å². The number of hydrogen-bond acceptors (Lipinski definition) is 3. The highest BCUT2D eigenvalue weighted by atomic mass is 16.5. The van der Waals surface area contributed by atoms with E-state index in [0.29, 0.717) is 6.04 Å². The van der Waals surface area contributed by atoms with E-state index in [2.05, 4.69) is 5.32 Å². The molecule has 3 nitrogen and oxygen atoms in total. The number of methoxy groups -OCH3 is 1. The predicted molar refractivity (Wildman–Crippen MR) is 43.7 cm³/mol. The second kappa shape index (κ2) is 5.52. The van der Waals surface area contributed by atoms with E-state index in [1.165, 1.54) is 12.8 Å². The lowest BCUT2D eigenvalue weighted by molar-refractivity contribution is 0.0675. The van der Waals surface area contributed by atoms with Crippen molar-refractivity contribution >= 4 is 0 Å². The Bertz CT molecular complexity index is 92.1. The topological polar surface area (TPSA) is 30.5 Å². The first-order valence-electron chi connectivity index (χ1n) is 4.23. The molecule has 0 aromatic heterocycles. The summed E-state index contributed by atoms with van der Waals surface area (Å²) in [6.07, 6.45) is 2.42. The molecule has 1 saturated heterocycles. The fourth-order valence-corrected chi connectivity index (χ4v) is 1.27. The lowest BCUT2D eigenvalue weighted by atomic mass is 10.1. The quantitative estimate of drug-likeness (QED) is 0.602. The van der Waals surface area contributed by atoms with Gasteiger partial charge in [0.05, 0.1) is 13.2 Å². The van der Waals surface area contributed by atoms with Crippen molar-refractivity contribution in [1.82, 2.24) is 5.32 Å². The molecule has 0 spiro atoms. The molecule has 1 aliphatic rings. The van der Waals surface area contributed by atoms with Crippen molar-refractivity contribution in [3.05, 3.63) is 0 Å². The molecule has 1 atom stereocenters. The van der Waals surface area contributed by atoms with Crippen LogP contribution in [0.1, 0.15) is 12.8 Å². The number of ether oxygens (including phenoxy) is 2. The van der Waals surface area contributed by atoms with Crippen LogP contribution < -0.4 is 5.32 Å². The molecule has 0 radical (unpaired) electrons. The maximum absolute atomic E-state index is 5.31. The van der Waals surface area contributed by atoms with Crippen LogP contribution >= 0.6 is 0 Å². The average molecular weight is 159 g/mol. The van der Waals surface area contributed by atoms with Crippen LogP contribution in [-0.4, -0.2) is 39.5 Å². The Hall–Kier alpha value is -0.120. The smallest absolute Gasteiger partial charge is 0.0619 e. The molecule has 1 fully saturated rings. The van der Waals surface area contributed by atoms with Crippen LogP contribution in [0.25, 0.3) is 0 Å². The van der Waals surface area contributed by atoms with E-state index in [4.69, 9.17) is 9.47 Å². The minimum absolute atomic E-state index is 0.555. The lowest BCUT2D eigenvalue weighted by Crippen LogP contribution is -2.38. The first-order valence-corrected chi connectivity index (χ1v) is 4.23. The maximum atomic E-state index is 5.31. The van der Waals surface area contributed by atoms with Crippen molar-refractivity contribution in [1.29, 1.82) is 0 Å². The van der Waals surface area contributed by atoms with Crippen molar-refractivity contribution in [3.63, 3.8) is 0 Å². The van der Waals surface area contributed by atoms with Gasteiger partial charge in [0.15, 0.2) is 0 Å². The molecule has 0 bridgehead atoms. The van der Waals surface area contributed by atoms with Gasteiger partial charge < -0.3 is 14.8 Å². The fraction of sp³-hybridized carbons (Fsp3) is 1.00. The Morgan fingerprint density at radius 2 is 2.55 bits per heavy atom. The van der Waals surface area contributed by atoms with Crippen molar-refractivity contribution in [2.75, 3.05) is 33.5 Å². The standard InChI is InChI=1S/C8H17NO2/c1-10-6-4-9-8-3-2-5-11-7-8/h8-9H,2-7H2,1H3. The summed E-state index contributed by atoms with van der Waals surface area (Å²) < 4.78 is 10.2. The van der Waals surface area contributed by atoms with Crippen LogP contribution in [0, 0.1) is 0 Å². The highest BCUT2D eigenvalue weighted by Gasteiger charge is 2.11. The molecule has 11 heavy (non-hydrogen) atoms. The third-order valence-corrected chi connectivity index (χ3v) is 1.90. The molecule has 66 valence electrons. The lowest BCUT2D eigenvalue weighted by Gasteiger charge is -2.22. The van der Waals surface area contributed by atoms with Gasteiger partial charge in [-0.05, 0) is 12.8 Å². The van der Waals surface area contributed by atoms with Gasteiger partial charge in [0.25, 0.3) is 0 Å². The van der Waals surface area contributed by atoms with E-state index in [-0.39, 0.29) is 0 Å². The number of hydrogen-bond donors (Lipinski definition) is 1. The summed E-state index contributed by atoms with van der Waals surface area (Å²) in [5, 5.41) is 3.37. The predicted octanol–water partition coefficient (Wildman–Crippen LogP) is 0.401. The summed E-state index contributed by atoms with van der Waals surface area (Å²) in [5.41, 5.74) is 0. The van der Waals surface area contributed by atoms with Crippen molar-refractivity contribution in [2.24, 2.45) is 0 Å². The largest absolute Gasteiger partial charge is 0.383 e. The molecule has 0 aromatic rings. The van der Waals surface area contributed by atoms with Crippen molar-refractivity contribution in [2.45, 2.75) is 18.9 Å². The molecule has 1 N–H and O–H groups in total. The zero-order valence-electron chi connectivity index (χ0n) is 7.14. The zero-order chi connectivity index (χ0) is 7.94. The molecule has 1 aliphatic heterocycles. The molecule has 1 rings (SSSR count). The summed E-state index contributed by atoms with van der Waals surface area (Å²) in [6, 6.07) is 0.555. The molecule has 0 saturated carbocycles. The third kappa shape index (κ3) is 3.70. The fourth-order valence-electron chi connectivity index (χ4n) is 1.27. The zero-order valence-corrected chi connectivity index (χ0v) is 7.14. The van der Waals surface area contributed by atoms with Gasteiger partial charge >= 0.3 is 0 Å². The SMILES string of the molecule is COCCNC1CCCOC1. The van der Waals surface area contributed by atoms with E-state index < -0.39 is 0 Å². The van der Waals surface area contributed by atoms with E-state index in [1.807, 2.05) is 0 Å². The Labute approximate surface area is 68.1 Å². The molecule has 0 aromatic carbocycles. The van der Waals surface area contributed by atoms with Gasteiger partial charge in [-0.25, -0.2) is 0 Å². The van der Waals surface area contributed by atoms with Crippen LogP contribution in [0.15, 0.2) is 0 Å². The van der Waals surface area contributed by atoms with Gasteiger partial charge in [-0.2, -0.15) is 0 Å². The number of nitrogens with one attached hydrogen (secondary N) is 1. The Morgan fingerprint density at radius 3 is 3.18 bits per heavy atom. The van der Waals surface area contributed by atoms with Crippen molar-refractivity contribution < 1.29 is 9.47 Å². The highest BCUT2D eigenvalue weighted by molar-refractivity contribution is 4.69. The minimum Gasteiger partial charge on any atom is -0.383 e. The highest BCUT2D eigenvalue weighted by Crippen LogP contribution is 2.04. The molecule has 1 unspecified atom stereocenters. The molecule has 0 amide bonds. The van der Waals surface area contributed by atoms with Crippen LogP contribution in [0.4, 0.5) is 0 Å². The van der Waals surface area contributed by atoms with E-state index in [0.717, 1.165) is 26.4 Å². The molecule has 0 aliphatic carbocycles. The van der Waals surface area contributed by atoms with Crippen LogP contribution in [0.5, 0.6) is 0 Å². The van der Waals surface area contributed by atoms with Gasteiger partial charge in [0.1, 0.15) is 0 Å². The second-order valence-corrected chi connectivity index (χ2v) is 2.86. The maximum Gasteiger partial charge on any atom is 0.0619 e. The minimum atomic E-state index is 0.555. The Balaban J connectivity index is 1.96. The van der Waals surface area contributed by atoms with Crippen molar-refractivity contribution in [3.8, 4) is 0 Å². The summed E-state index contributed by atoms with van der Waals surface area (Å²) >= 11 is 0. The molecule has 1 heterocycles. The van der Waals surface area contributed by atoms with Gasteiger partial charge in [0.2, 0.25) is 0 Å². The second-order valence-electron chi connectivity index (χ2n) is 2.86. The van der Waals surface area contributed by atoms with Crippen LogP contribution in [-0.2, 0) is 9.47 Å². The molecule has 3 heteroatoms. The monoisotopic (exact) mass is 159 g/mol. The van der Waals surface area contributed by atoms with Gasteiger partial charge in [-0.15, -0.1) is 0 Å². The summed E-state index contributed by atoms with van der Waals surface area (Å²) in [4.78, 5) is 0. The van der Waals surface area contributed by atoms with E-state index in [9.17, 15) is 0 Å². The van der Waals surface area contributed by atoms with Crippen LogP contribution in [0.3, 0.4) is 0 Å². The first-order chi connectivity index (χ1) is 5.43. The van der Waals surface area contributed by atoms with Crippen LogP contribution in [0.2, 0.25) is 0 Å². The summed E-state index contributed by atoms with van der Waals surface area (Å²) in [7, 11) is 1.72. The third-order valence-electron chi connectivity index (χ3n) is 1.90. The van der Waals surface area contributed by atoms with E-state index in [1.54, 1.807) is 7.11 Å². The summed E-state index contributed by atoms with van der Waals surface area (Å²) in [6.45, 7) is 3.52. The Morgan fingerprint density at radius 1 is 1.64 bits per heavy atom. The molecular formula is C8H17NO2. The molecular weight excluding hydrogens is 142 g/mol. The van der Waals surface area contributed by atoms with Gasteiger partial charge in [-0.1, -0.05) is 0 Å². The first kappa shape index (κ1) is 8.97. The normalized spacial score (nSPS) is 25.4. The summed E-state index contributed by atoms with van der Waals surface area (Å²) in [5.74, 6) is 0. The van der Waals surface area contributed by atoms with E-state index >= 15 is 0 Å².